The topological polar surface area (TPSA) is 57.2 Å². The number of ether oxygens (including phenoxy) is 3. The molecule has 17 heavy (non-hydrogen) atoms. The zero-order valence-electron chi connectivity index (χ0n) is 9.88. The molecule has 0 spiro atoms. The van der Waals surface area contributed by atoms with Gasteiger partial charge in [-0.1, -0.05) is 6.07 Å². The fourth-order valence-electron chi connectivity index (χ4n) is 1.68. The van der Waals surface area contributed by atoms with Crippen molar-refractivity contribution < 1.29 is 23.9 Å². The first kappa shape index (κ1) is 12.4. The highest BCUT2D eigenvalue weighted by atomic mass is 16.7. The Morgan fingerprint density at radius 3 is 2.88 bits per heavy atom. The van der Waals surface area contributed by atoms with Crippen LogP contribution in [0.2, 0.25) is 0 Å². The second-order valence-electron chi connectivity index (χ2n) is 3.74. The van der Waals surface area contributed by atoms with Gasteiger partial charge in [0.05, 0.1) is 6.61 Å². The molecule has 0 amide bonds. The SMILES string of the molecule is COC(COc1ccc2c(c1)B(O)OC2)OC. The average molecular weight is 238 g/mol. The lowest BCUT2D eigenvalue weighted by Gasteiger charge is -2.14. The van der Waals surface area contributed by atoms with Crippen molar-refractivity contribution in [2.45, 2.75) is 12.9 Å². The molecule has 1 N–H and O–H groups in total. The number of methoxy groups -OCH3 is 2. The van der Waals surface area contributed by atoms with Crippen LogP contribution < -0.4 is 10.2 Å². The van der Waals surface area contributed by atoms with E-state index < -0.39 is 13.4 Å². The minimum Gasteiger partial charge on any atom is -0.488 e. The Morgan fingerprint density at radius 1 is 1.41 bits per heavy atom. The van der Waals surface area contributed by atoms with Crippen LogP contribution in [0.4, 0.5) is 0 Å². The summed E-state index contributed by atoms with van der Waals surface area (Å²) in [4.78, 5) is 0. The summed E-state index contributed by atoms with van der Waals surface area (Å²) in [6.45, 7) is 0.734. The van der Waals surface area contributed by atoms with Gasteiger partial charge in [0.2, 0.25) is 0 Å². The van der Waals surface area contributed by atoms with Crippen LogP contribution in [0.15, 0.2) is 18.2 Å². The summed E-state index contributed by atoms with van der Waals surface area (Å²) in [6.07, 6.45) is -0.399. The molecule has 1 aromatic carbocycles. The van der Waals surface area contributed by atoms with Crippen molar-refractivity contribution in [3.8, 4) is 5.75 Å². The van der Waals surface area contributed by atoms with Gasteiger partial charge in [-0.15, -0.1) is 0 Å². The van der Waals surface area contributed by atoms with Gasteiger partial charge < -0.3 is 23.9 Å². The lowest BCUT2D eigenvalue weighted by molar-refractivity contribution is -0.121. The van der Waals surface area contributed by atoms with Crippen LogP contribution in [0.5, 0.6) is 5.75 Å². The maximum Gasteiger partial charge on any atom is 0.491 e. The molecule has 0 saturated carbocycles. The summed E-state index contributed by atoms with van der Waals surface area (Å²) in [5.74, 6) is 0.660. The van der Waals surface area contributed by atoms with E-state index in [1.807, 2.05) is 12.1 Å². The minimum atomic E-state index is -0.853. The lowest BCUT2D eigenvalue weighted by Crippen LogP contribution is -2.28. The van der Waals surface area contributed by atoms with Crippen molar-refractivity contribution >= 4 is 12.6 Å². The molecule has 92 valence electrons. The Bertz CT molecular complexity index is 380. The largest absolute Gasteiger partial charge is 0.491 e. The van der Waals surface area contributed by atoms with Gasteiger partial charge in [0.25, 0.3) is 0 Å². The number of hydrogen-bond acceptors (Lipinski definition) is 5. The van der Waals surface area contributed by atoms with Crippen molar-refractivity contribution in [2.24, 2.45) is 0 Å². The number of hydrogen-bond donors (Lipinski definition) is 1. The van der Waals surface area contributed by atoms with E-state index in [4.69, 9.17) is 18.9 Å². The van der Waals surface area contributed by atoms with Crippen molar-refractivity contribution in [1.29, 1.82) is 0 Å². The predicted octanol–water partition coefficient (Wildman–Crippen LogP) is -0.0980. The van der Waals surface area contributed by atoms with Crippen LogP contribution in [0, 0.1) is 0 Å². The molecule has 1 heterocycles. The summed E-state index contributed by atoms with van der Waals surface area (Å²) in [6, 6.07) is 5.49. The Morgan fingerprint density at radius 2 is 2.18 bits per heavy atom. The summed E-state index contributed by atoms with van der Waals surface area (Å²) >= 11 is 0. The monoisotopic (exact) mass is 238 g/mol. The summed E-state index contributed by atoms with van der Waals surface area (Å²) in [7, 11) is 2.25. The van der Waals surface area contributed by atoms with E-state index in [0.29, 0.717) is 19.0 Å². The zero-order chi connectivity index (χ0) is 12.3. The molecule has 0 aliphatic carbocycles. The lowest BCUT2D eigenvalue weighted by atomic mass is 9.79. The van der Waals surface area contributed by atoms with Crippen LogP contribution in [0.1, 0.15) is 5.56 Å². The summed E-state index contributed by atoms with van der Waals surface area (Å²) in [5.41, 5.74) is 1.74. The van der Waals surface area contributed by atoms with Crippen LogP contribution in [-0.4, -0.2) is 39.3 Å². The Labute approximate surface area is 100 Å². The fourth-order valence-corrected chi connectivity index (χ4v) is 1.68. The Hall–Kier alpha value is -1.08. The van der Waals surface area contributed by atoms with Crippen LogP contribution in [0.3, 0.4) is 0 Å². The molecule has 0 aromatic heterocycles. The van der Waals surface area contributed by atoms with E-state index in [1.54, 1.807) is 20.3 Å². The zero-order valence-corrected chi connectivity index (χ0v) is 9.88. The first-order valence-electron chi connectivity index (χ1n) is 5.35. The van der Waals surface area contributed by atoms with Gasteiger partial charge in [-0.2, -0.15) is 0 Å². The maximum atomic E-state index is 9.55. The second kappa shape index (κ2) is 5.51. The third-order valence-corrected chi connectivity index (χ3v) is 2.69. The molecule has 0 fully saturated rings. The normalized spacial score (nSPS) is 14.2. The molecule has 0 bridgehead atoms. The molecule has 0 unspecified atom stereocenters. The van der Waals surface area contributed by atoms with Crippen molar-refractivity contribution in [2.75, 3.05) is 20.8 Å². The molecule has 5 nitrogen and oxygen atoms in total. The predicted molar refractivity (Wildman–Crippen MR) is 62.1 cm³/mol. The first-order chi connectivity index (χ1) is 8.24. The molecule has 6 heteroatoms. The van der Waals surface area contributed by atoms with E-state index in [-0.39, 0.29) is 0 Å². The minimum absolute atomic E-state index is 0.294. The van der Waals surface area contributed by atoms with Gasteiger partial charge in [0.15, 0.2) is 6.29 Å². The molecule has 0 radical (unpaired) electrons. The summed E-state index contributed by atoms with van der Waals surface area (Å²) in [5, 5.41) is 9.55. The van der Waals surface area contributed by atoms with Gasteiger partial charge in [0.1, 0.15) is 12.4 Å². The van der Waals surface area contributed by atoms with E-state index in [1.165, 1.54) is 0 Å². The van der Waals surface area contributed by atoms with Crippen LogP contribution >= 0.6 is 0 Å². The van der Waals surface area contributed by atoms with Gasteiger partial charge in [-0.3, -0.25) is 0 Å². The summed E-state index contributed by atoms with van der Waals surface area (Å²) < 4.78 is 20.6. The number of benzene rings is 1. The maximum absolute atomic E-state index is 9.55. The molecule has 1 aromatic rings. The van der Waals surface area contributed by atoms with Gasteiger partial charge in [-0.05, 0) is 23.2 Å². The highest BCUT2D eigenvalue weighted by Gasteiger charge is 2.27. The number of rotatable bonds is 5. The van der Waals surface area contributed by atoms with E-state index in [9.17, 15) is 5.02 Å². The van der Waals surface area contributed by atoms with Gasteiger partial charge >= 0.3 is 7.12 Å². The molecule has 0 atom stereocenters. The fraction of sp³-hybridized carbons (Fsp3) is 0.455. The highest BCUT2D eigenvalue weighted by Crippen LogP contribution is 2.16. The smallest absolute Gasteiger partial charge is 0.488 e. The highest BCUT2D eigenvalue weighted by molar-refractivity contribution is 6.61. The third-order valence-electron chi connectivity index (χ3n) is 2.69. The van der Waals surface area contributed by atoms with Gasteiger partial charge in [-0.25, -0.2) is 0 Å². The quantitative estimate of drug-likeness (QED) is 0.573. The van der Waals surface area contributed by atoms with Crippen LogP contribution in [0.25, 0.3) is 0 Å². The number of fused-ring (bicyclic) bond motifs is 1. The van der Waals surface area contributed by atoms with Crippen molar-refractivity contribution in [1.82, 2.24) is 0 Å². The molecular weight excluding hydrogens is 223 g/mol. The molecular formula is C11H15BO5. The third kappa shape index (κ3) is 2.78. The molecule has 1 aliphatic heterocycles. The van der Waals surface area contributed by atoms with Crippen LogP contribution in [-0.2, 0) is 20.7 Å². The molecule has 2 rings (SSSR count). The van der Waals surface area contributed by atoms with Gasteiger partial charge in [0, 0.05) is 14.2 Å². The first-order valence-corrected chi connectivity index (χ1v) is 5.35. The second-order valence-corrected chi connectivity index (χ2v) is 3.74. The van der Waals surface area contributed by atoms with E-state index in [2.05, 4.69) is 0 Å². The van der Waals surface area contributed by atoms with E-state index in [0.717, 1.165) is 11.0 Å². The van der Waals surface area contributed by atoms with Crippen molar-refractivity contribution in [3.63, 3.8) is 0 Å². The Balaban J connectivity index is 2.00. The van der Waals surface area contributed by atoms with E-state index >= 15 is 0 Å². The molecule has 1 aliphatic rings. The molecule has 0 saturated heterocycles. The average Bonchev–Trinajstić information content (AvgIpc) is 2.72. The Kier molecular flexibility index (Phi) is 4.01. The standard InChI is InChI=1S/C11H15BO5/c1-14-11(15-2)7-16-9-4-3-8-6-17-12(13)10(8)5-9/h3-5,11,13H,6-7H2,1-2H3. The van der Waals surface area contributed by atoms with Crippen molar-refractivity contribution in [3.05, 3.63) is 23.8 Å².